The normalized spacial score (nSPS) is 10.5. The third-order valence-electron chi connectivity index (χ3n) is 2.89. The van der Waals surface area contributed by atoms with Gasteiger partial charge >= 0.3 is 5.97 Å². The Kier molecular flexibility index (Phi) is 13.0. The van der Waals surface area contributed by atoms with Gasteiger partial charge in [0.15, 0.2) is 0 Å². The van der Waals surface area contributed by atoms with Crippen molar-refractivity contribution in [3.8, 4) is 0 Å². The highest BCUT2D eigenvalue weighted by Gasteiger charge is 2.01. The molecular formula is C14H30NO2+. The molecule has 0 rings (SSSR count). The van der Waals surface area contributed by atoms with Gasteiger partial charge in [-0.25, -0.2) is 0 Å². The van der Waals surface area contributed by atoms with Crippen LogP contribution in [-0.4, -0.2) is 19.1 Å². The van der Waals surface area contributed by atoms with Crippen molar-refractivity contribution in [2.45, 2.75) is 71.1 Å². The Balaban J connectivity index is 3.11. The lowest BCUT2D eigenvalue weighted by Crippen LogP contribution is -2.50. The van der Waals surface area contributed by atoms with Crippen LogP contribution in [0.25, 0.3) is 0 Å². The molecule has 0 heterocycles. The van der Waals surface area contributed by atoms with Crippen molar-refractivity contribution in [3.63, 3.8) is 0 Å². The van der Waals surface area contributed by atoms with Crippen molar-refractivity contribution < 1.29 is 15.3 Å². The molecular weight excluding hydrogens is 214 g/mol. The highest BCUT2D eigenvalue weighted by Crippen LogP contribution is 2.06. The summed E-state index contributed by atoms with van der Waals surface area (Å²) in [6, 6.07) is 0. The molecule has 0 radical (unpaired) electrons. The predicted molar refractivity (Wildman–Crippen MR) is 70.6 cm³/mol. The third-order valence-corrected chi connectivity index (χ3v) is 2.89. The van der Waals surface area contributed by atoms with Crippen molar-refractivity contribution in [2.24, 2.45) is 0 Å². The van der Waals surface area contributed by atoms with E-state index in [1.807, 2.05) is 0 Å². The van der Waals surface area contributed by atoms with Gasteiger partial charge in [-0.05, 0) is 25.7 Å². The van der Waals surface area contributed by atoms with Crippen molar-refractivity contribution in [2.75, 3.05) is 13.2 Å². The number of unbranched alkanes of at least 4 members (excludes halogenated alkanes) is 7. The van der Waals surface area contributed by atoms with Gasteiger partial charge in [-0.2, -0.15) is 0 Å². The summed E-state index contributed by atoms with van der Waals surface area (Å²) in [5, 5.41) is 0. The van der Waals surface area contributed by atoms with E-state index in [4.69, 9.17) is 4.74 Å². The second-order valence-electron chi connectivity index (χ2n) is 4.65. The number of esters is 1. The highest BCUT2D eigenvalue weighted by molar-refractivity contribution is 5.69. The molecule has 3 N–H and O–H groups in total. The number of quaternary nitrogens is 1. The molecule has 3 nitrogen and oxygen atoms in total. The largest absolute Gasteiger partial charge is 0.466 e. The van der Waals surface area contributed by atoms with Gasteiger partial charge in [0, 0.05) is 6.42 Å². The summed E-state index contributed by atoms with van der Waals surface area (Å²) in [7, 11) is 0. The summed E-state index contributed by atoms with van der Waals surface area (Å²) in [4.78, 5) is 11.3. The first-order valence-corrected chi connectivity index (χ1v) is 7.26. The standard InChI is InChI=1S/C14H29NO2/c1-2-3-4-5-6-10-13-17-14(16)11-8-7-9-12-15/h2-13,15H2,1H3/p+1. The lowest BCUT2D eigenvalue weighted by Gasteiger charge is -2.04. The van der Waals surface area contributed by atoms with Crippen LogP contribution in [0.1, 0.15) is 71.1 Å². The molecule has 0 aromatic carbocycles. The van der Waals surface area contributed by atoms with Crippen LogP contribution in [0.2, 0.25) is 0 Å². The van der Waals surface area contributed by atoms with E-state index in [0.29, 0.717) is 13.0 Å². The minimum absolute atomic E-state index is 0.0254. The molecule has 0 aliphatic heterocycles. The molecule has 0 fully saturated rings. The fraction of sp³-hybridized carbons (Fsp3) is 0.929. The summed E-state index contributed by atoms with van der Waals surface area (Å²) in [5.74, 6) is -0.0254. The Bertz CT molecular complexity index is 172. The quantitative estimate of drug-likeness (QED) is 0.424. The van der Waals surface area contributed by atoms with Crippen LogP contribution in [0.5, 0.6) is 0 Å². The highest BCUT2D eigenvalue weighted by atomic mass is 16.5. The fourth-order valence-corrected chi connectivity index (χ4v) is 1.76. The van der Waals surface area contributed by atoms with E-state index in [2.05, 4.69) is 12.7 Å². The number of hydrogen-bond acceptors (Lipinski definition) is 2. The topological polar surface area (TPSA) is 53.9 Å². The van der Waals surface area contributed by atoms with Gasteiger partial charge in [-0.15, -0.1) is 0 Å². The minimum atomic E-state index is -0.0254. The van der Waals surface area contributed by atoms with E-state index in [1.165, 1.54) is 32.1 Å². The molecule has 0 saturated carbocycles. The van der Waals surface area contributed by atoms with E-state index < -0.39 is 0 Å². The van der Waals surface area contributed by atoms with Crippen molar-refractivity contribution in [1.82, 2.24) is 0 Å². The van der Waals surface area contributed by atoms with E-state index in [9.17, 15) is 4.79 Å². The zero-order valence-corrected chi connectivity index (χ0v) is 11.5. The maximum absolute atomic E-state index is 11.3. The van der Waals surface area contributed by atoms with Crippen LogP contribution in [0.4, 0.5) is 0 Å². The molecule has 0 unspecified atom stereocenters. The molecule has 0 amide bonds. The lowest BCUT2D eigenvalue weighted by atomic mass is 10.1. The van der Waals surface area contributed by atoms with Crippen LogP contribution >= 0.6 is 0 Å². The molecule has 17 heavy (non-hydrogen) atoms. The van der Waals surface area contributed by atoms with Gasteiger partial charge in [0.1, 0.15) is 0 Å². The van der Waals surface area contributed by atoms with Crippen molar-refractivity contribution >= 4 is 5.97 Å². The molecule has 0 aromatic rings. The third kappa shape index (κ3) is 13.4. The molecule has 0 saturated heterocycles. The summed E-state index contributed by atoms with van der Waals surface area (Å²) in [5.41, 5.74) is 3.78. The Morgan fingerprint density at radius 3 is 2.29 bits per heavy atom. The number of carbonyl (C=O) groups excluding carboxylic acids is 1. The number of hydrogen-bond donors (Lipinski definition) is 1. The Hall–Kier alpha value is -0.570. The van der Waals surface area contributed by atoms with E-state index in [0.717, 1.165) is 32.2 Å². The monoisotopic (exact) mass is 244 g/mol. The fourth-order valence-electron chi connectivity index (χ4n) is 1.76. The van der Waals surface area contributed by atoms with E-state index in [1.54, 1.807) is 0 Å². The van der Waals surface area contributed by atoms with Crippen molar-refractivity contribution in [1.29, 1.82) is 0 Å². The van der Waals surface area contributed by atoms with Crippen LogP contribution in [0, 0.1) is 0 Å². The number of ether oxygens (including phenoxy) is 1. The number of rotatable bonds is 12. The molecule has 0 aliphatic rings. The Labute approximate surface area is 106 Å². The SMILES string of the molecule is CCCCCCCCOC(=O)CCCCC[NH3+]. The first-order valence-electron chi connectivity index (χ1n) is 7.26. The zero-order valence-electron chi connectivity index (χ0n) is 11.5. The maximum Gasteiger partial charge on any atom is 0.305 e. The van der Waals surface area contributed by atoms with Gasteiger partial charge in [-0.3, -0.25) is 4.79 Å². The van der Waals surface area contributed by atoms with Crippen LogP contribution < -0.4 is 5.73 Å². The van der Waals surface area contributed by atoms with E-state index in [-0.39, 0.29) is 5.97 Å². The average molecular weight is 244 g/mol. The van der Waals surface area contributed by atoms with Crippen LogP contribution in [0.3, 0.4) is 0 Å². The molecule has 102 valence electrons. The lowest BCUT2D eigenvalue weighted by molar-refractivity contribution is -0.368. The second-order valence-corrected chi connectivity index (χ2v) is 4.65. The van der Waals surface area contributed by atoms with Gasteiger partial charge in [0.25, 0.3) is 0 Å². The first-order chi connectivity index (χ1) is 8.31. The number of carbonyl (C=O) groups is 1. The molecule has 0 atom stereocenters. The zero-order chi connectivity index (χ0) is 12.8. The van der Waals surface area contributed by atoms with Gasteiger partial charge in [-0.1, -0.05) is 39.0 Å². The second kappa shape index (κ2) is 13.5. The predicted octanol–water partition coefficient (Wildman–Crippen LogP) is 2.69. The summed E-state index contributed by atoms with van der Waals surface area (Å²) < 4.78 is 5.17. The summed E-state index contributed by atoms with van der Waals surface area (Å²) >= 11 is 0. The van der Waals surface area contributed by atoms with Crippen LogP contribution in [0.15, 0.2) is 0 Å². The van der Waals surface area contributed by atoms with Gasteiger partial charge in [0.05, 0.1) is 13.2 Å². The Morgan fingerprint density at radius 1 is 0.941 bits per heavy atom. The summed E-state index contributed by atoms with van der Waals surface area (Å²) in [6.07, 6.45) is 11.1. The molecule has 3 heteroatoms. The minimum Gasteiger partial charge on any atom is -0.466 e. The molecule has 0 aromatic heterocycles. The van der Waals surface area contributed by atoms with Crippen molar-refractivity contribution in [3.05, 3.63) is 0 Å². The molecule has 0 bridgehead atoms. The summed E-state index contributed by atoms with van der Waals surface area (Å²) in [6.45, 7) is 3.80. The van der Waals surface area contributed by atoms with Crippen LogP contribution in [-0.2, 0) is 9.53 Å². The molecule has 0 aliphatic carbocycles. The van der Waals surface area contributed by atoms with Gasteiger partial charge in [0.2, 0.25) is 0 Å². The average Bonchev–Trinajstić information content (AvgIpc) is 2.33. The maximum atomic E-state index is 11.3. The first kappa shape index (κ1) is 16.4. The van der Waals surface area contributed by atoms with Gasteiger partial charge < -0.3 is 10.5 Å². The smallest absolute Gasteiger partial charge is 0.305 e. The van der Waals surface area contributed by atoms with E-state index >= 15 is 0 Å². The Morgan fingerprint density at radius 2 is 1.59 bits per heavy atom. The molecule has 0 spiro atoms.